The van der Waals surface area contributed by atoms with Gasteiger partial charge in [0.15, 0.2) is 0 Å². The third-order valence-corrected chi connectivity index (χ3v) is 12.3. The Balaban J connectivity index is 1.37. The van der Waals surface area contributed by atoms with E-state index < -0.39 is 0 Å². The van der Waals surface area contributed by atoms with Crippen LogP contribution in [0.15, 0.2) is 120 Å². The number of rotatable bonds is 3. The molecule has 5 nitrogen and oxygen atoms in total. The van der Waals surface area contributed by atoms with Crippen LogP contribution in [0.25, 0.3) is 55.0 Å². The predicted octanol–water partition coefficient (Wildman–Crippen LogP) is 10.5. The molecule has 0 radical (unpaired) electrons. The topological polar surface area (TPSA) is 28.7 Å². The molecular weight excluding hydrogens is 587 g/mol. The van der Waals surface area contributed by atoms with Crippen molar-refractivity contribution in [3.05, 3.63) is 115 Å². The lowest BCUT2D eigenvalue weighted by Gasteiger charge is -2.50. The van der Waals surface area contributed by atoms with Crippen LogP contribution in [0.2, 0.25) is 0 Å². The molecule has 0 atom stereocenters. The van der Waals surface area contributed by atoms with Crippen molar-refractivity contribution in [1.29, 1.82) is 0 Å². The van der Waals surface area contributed by atoms with Crippen molar-refractivity contribution in [3.63, 3.8) is 0 Å². The Bertz CT molecular complexity index is 2460. The van der Waals surface area contributed by atoms with Gasteiger partial charge in [0, 0.05) is 38.6 Å². The normalized spacial score (nSPS) is 19.1. The molecule has 1 fully saturated rings. The number of guanidine groups is 1. The Morgan fingerprint density at radius 1 is 0.417 bits per heavy atom. The van der Waals surface area contributed by atoms with Crippen LogP contribution in [0, 0.1) is 0 Å². The number of hydrogen-bond donors (Lipinski definition) is 0. The summed E-state index contributed by atoms with van der Waals surface area (Å²) in [5, 5.41) is 5.02. The number of hydrogen-bond acceptors (Lipinski definition) is 3. The maximum atomic E-state index is 5.45. The minimum Gasteiger partial charge on any atom is -0.327 e. The second-order valence-electron chi connectivity index (χ2n) is 15.8. The van der Waals surface area contributed by atoms with E-state index in [4.69, 9.17) is 4.99 Å². The zero-order valence-corrected chi connectivity index (χ0v) is 29.2. The van der Waals surface area contributed by atoms with Gasteiger partial charge in [0.2, 0.25) is 5.96 Å². The van der Waals surface area contributed by atoms with Gasteiger partial charge in [0.25, 0.3) is 0 Å². The molecule has 0 unspecified atom stereocenters. The Morgan fingerprint density at radius 2 is 0.938 bits per heavy atom. The van der Waals surface area contributed by atoms with Crippen molar-refractivity contribution >= 4 is 55.3 Å². The van der Waals surface area contributed by atoms with E-state index in [2.05, 4.69) is 190 Å². The summed E-state index contributed by atoms with van der Waals surface area (Å²) < 4.78 is 4.85. The molecule has 48 heavy (non-hydrogen) atoms. The molecule has 0 bridgehead atoms. The van der Waals surface area contributed by atoms with Gasteiger partial charge in [-0.05, 0) is 116 Å². The van der Waals surface area contributed by atoms with E-state index in [9.17, 15) is 0 Å². The summed E-state index contributed by atoms with van der Waals surface area (Å²) in [6, 6.07) is 42.2. The van der Waals surface area contributed by atoms with Crippen LogP contribution < -0.4 is 4.90 Å². The Hall–Kier alpha value is -5.03. The van der Waals surface area contributed by atoms with Gasteiger partial charge >= 0.3 is 0 Å². The lowest BCUT2D eigenvalue weighted by molar-refractivity contribution is 0.0529. The number of benzene rings is 5. The lowest BCUT2D eigenvalue weighted by Crippen LogP contribution is -2.62. The van der Waals surface area contributed by atoms with Crippen LogP contribution in [0.5, 0.6) is 0 Å². The fraction of sp³-hybridized carbons (Fsp3) is 0.279. The Labute approximate surface area is 282 Å². The summed E-state index contributed by atoms with van der Waals surface area (Å²) in [7, 11) is 0. The Kier molecular flexibility index (Phi) is 5.65. The highest BCUT2D eigenvalue weighted by Gasteiger charge is 2.65. The first kappa shape index (κ1) is 29.1. The maximum absolute atomic E-state index is 5.45. The summed E-state index contributed by atoms with van der Waals surface area (Å²) in [6.07, 6.45) is 0. The molecule has 7 aromatic rings. The van der Waals surface area contributed by atoms with Crippen molar-refractivity contribution in [2.45, 2.75) is 77.5 Å². The van der Waals surface area contributed by atoms with E-state index in [-0.39, 0.29) is 22.2 Å². The average molecular weight is 630 g/mol. The van der Waals surface area contributed by atoms with Crippen LogP contribution >= 0.6 is 0 Å². The van der Waals surface area contributed by atoms with Gasteiger partial charge < -0.3 is 18.9 Å². The van der Waals surface area contributed by atoms with Crippen LogP contribution in [-0.2, 0) is 0 Å². The second-order valence-corrected chi connectivity index (χ2v) is 15.8. The summed E-state index contributed by atoms with van der Waals surface area (Å²) in [6.45, 7) is 18.7. The van der Waals surface area contributed by atoms with Gasteiger partial charge in [-0.2, -0.15) is 0 Å². The van der Waals surface area contributed by atoms with E-state index in [1.807, 2.05) is 0 Å². The summed E-state index contributed by atoms with van der Waals surface area (Å²) in [5.74, 6) is 1.07. The molecule has 1 saturated heterocycles. The molecule has 240 valence electrons. The molecule has 5 heteroatoms. The molecule has 5 aromatic carbocycles. The third-order valence-electron chi connectivity index (χ3n) is 12.3. The van der Waals surface area contributed by atoms with Crippen LogP contribution in [0.3, 0.4) is 0 Å². The number of anilines is 1. The number of nitrogens with zero attached hydrogens (tertiary/aromatic N) is 5. The van der Waals surface area contributed by atoms with Crippen molar-refractivity contribution in [2.24, 2.45) is 4.99 Å². The van der Waals surface area contributed by atoms with E-state index in [0.717, 1.165) is 11.6 Å². The zero-order valence-electron chi connectivity index (χ0n) is 29.2. The monoisotopic (exact) mass is 629 g/mol. The first-order valence-electron chi connectivity index (χ1n) is 17.2. The highest BCUT2D eigenvalue weighted by atomic mass is 15.6. The van der Waals surface area contributed by atoms with Gasteiger partial charge in [-0.1, -0.05) is 54.6 Å². The van der Waals surface area contributed by atoms with Gasteiger partial charge in [-0.25, -0.2) is 4.99 Å². The SMILES string of the molecule is CC1(C)N=C2N(c3ccc4c(c3)c3cc5c6ccccc6n(-c6ccccc6)c5cc3n4-c3ccccc3)C(C)(C)C(C)(C)N2C1(C)C. The predicted molar refractivity (Wildman–Crippen MR) is 203 cm³/mol. The number of para-hydroxylation sites is 3. The second kappa shape index (κ2) is 9.31. The van der Waals surface area contributed by atoms with Crippen molar-refractivity contribution in [2.75, 3.05) is 4.90 Å². The molecule has 0 saturated carbocycles. The highest BCUT2D eigenvalue weighted by molar-refractivity contribution is 6.20. The molecule has 9 rings (SSSR count). The highest BCUT2D eigenvalue weighted by Crippen LogP contribution is 2.54. The fourth-order valence-electron chi connectivity index (χ4n) is 8.61. The number of fused-ring (bicyclic) bond motifs is 7. The van der Waals surface area contributed by atoms with Gasteiger partial charge in [0.05, 0.1) is 44.2 Å². The molecule has 4 heterocycles. The lowest BCUT2D eigenvalue weighted by atomic mass is 9.76. The summed E-state index contributed by atoms with van der Waals surface area (Å²) in [4.78, 5) is 10.5. The zero-order chi connectivity index (χ0) is 33.4. The molecule has 0 spiro atoms. The molecule has 2 aliphatic rings. The van der Waals surface area contributed by atoms with E-state index in [1.165, 1.54) is 55.0 Å². The van der Waals surface area contributed by atoms with Crippen molar-refractivity contribution in [1.82, 2.24) is 14.0 Å². The standard InChI is InChI=1S/C43H43N5/c1-40(2)41(3,4)48-39(44-40)47(42(5,6)43(48,7)8)30-23-24-36-32(25-30)34-26-33-31-21-15-16-22-35(31)45(28-17-11-9-12-18-28)37(33)27-38(34)46(36)29-19-13-10-14-20-29/h9-27H,1-8H3. The molecular formula is C43H43N5. The quantitative estimate of drug-likeness (QED) is 0.195. The minimum atomic E-state index is -0.222. The summed E-state index contributed by atoms with van der Waals surface area (Å²) in [5.41, 5.74) is 7.60. The molecule has 2 aromatic heterocycles. The summed E-state index contributed by atoms with van der Waals surface area (Å²) >= 11 is 0. The molecule has 0 aliphatic carbocycles. The third kappa shape index (κ3) is 3.54. The van der Waals surface area contributed by atoms with Crippen molar-refractivity contribution in [3.8, 4) is 11.4 Å². The Morgan fingerprint density at radius 3 is 1.56 bits per heavy atom. The molecule has 0 N–H and O–H groups in total. The number of aliphatic imine (C=N–C) groups is 1. The fourth-order valence-corrected chi connectivity index (χ4v) is 8.61. The first-order chi connectivity index (χ1) is 22.8. The smallest absolute Gasteiger partial charge is 0.203 e. The van der Waals surface area contributed by atoms with Gasteiger partial charge in [-0.15, -0.1) is 0 Å². The van der Waals surface area contributed by atoms with E-state index >= 15 is 0 Å². The van der Waals surface area contributed by atoms with Crippen molar-refractivity contribution < 1.29 is 0 Å². The van der Waals surface area contributed by atoms with Gasteiger partial charge in [-0.3, -0.25) is 0 Å². The average Bonchev–Trinajstić information content (AvgIpc) is 3.66. The molecule has 0 amide bonds. The van der Waals surface area contributed by atoms with Crippen LogP contribution in [-0.4, -0.2) is 42.1 Å². The first-order valence-corrected chi connectivity index (χ1v) is 17.2. The maximum Gasteiger partial charge on any atom is 0.203 e. The van der Waals surface area contributed by atoms with E-state index in [1.54, 1.807) is 0 Å². The van der Waals surface area contributed by atoms with Crippen LogP contribution in [0.1, 0.15) is 55.4 Å². The number of aromatic nitrogens is 2. The minimum absolute atomic E-state index is 0.135. The van der Waals surface area contributed by atoms with Gasteiger partial charge in [0.1, 0.15) is 0 Å². The molecule has 2 aliphatic heterocycles. The largest absolute Gasteiger partial charge is 0.327 e. The van der Waals surface area contributed by atoms with Crippen LogP contribution in [0.4, 0.5) is 5.69 Å². The van der Waals surface area contributed by atoms with E-state index in [0.29, 0.717) is 0 Å².